The molecule has 3 atom stereocenters. The van der Waals surface area contributed by atoms with E-state index in [1.165, 1.54) is 53.2 Å². The Morgan fingerprint density at radius 3 is 2.53 bits per heavy atom. The summed E-state index contributed by atoms with van der Waals surface area (Å²) in [4.78, 5) is 42.8. The zero-order valence-corrected chi connectivity index (χ0v) is 31.8. The van der Waals surface area contributed by atoms with Gasteiger partial charge in [-0.25, -0.2) is 4.99 Å². The monoisotopic (exact) mass is 718 g/mol. The molecule has 2 heterocycles. The molecule has 8 nitrogen and oxygen atoms in total. The lowest BCUT2D eigenvalue weighted by molar-refractivity contribution is -0.120. The summed E-state index contributed by atoms with van der Waals surface area (Å²) in [5.74, 6) is 1.67. The van der Waals surface area contributed by atoms with Crippen molar-refractivity contribution in [2.45, 2.75) is 110 Å². The minimum Gasteiger partial charge on any atom is -0.381 e. The smallest absolute Gasteiger partial charge is 0.252 e. The molecule has 1 saturated carbocycles. The van der Waals surface area contributed by atoms with Crippen molar-refractivity contribution in [2.75, 3.05) is 18.5 Å². The molecule has 0 bridgehead atoms. The summed E-state index contributed by atoms with van der Waals surface area (Å²) in [5.41, 5.74) is 15.5. The fourth-order valence-electron chi connectivity index (χ4n) is 8.69. The minimum absolute atomic E-state index is 0.135. The predicted molar refractivity (Wildman–Crippen MR) is 213 cm³/mol. The highest BCUT2D eigenvalue weighted by Gasteiger charge is 2.35. The van der Waals surface area contributed by atoms with E-state index in [9.17, 15) is 14.4 Å². The molecule has 4 aliphatic rings. The van der Waals surface area contributed by atoms with Crippen LogP contribution in [0.3, 0.4) is 0 Å². The Balaban J connectivity index is 1.21. The molecule has 8 heteroatoms. The number of rotatable bonds is 9. The van der Waals surface area contributed by atoms with Crippen molar-refractivity contribution in [1.29, 1.82) is 0 Å². The first kappa shape index (κ1) is 38.4. The quantitative estimate of drug-likeness (QED) is 0.224. The van der Waals surface area contributed by atoms with E-state index in [0.717, 1.165) is 89.0 Å². The van der Waals surface area contributed by atoms with Gasteiger partial charge < -0.3 is 21.1 Å². The number of primary amides is 1. The average Bonchev–Trinajstić information content (AvgIpc) is 3.87. The van der Waals surface area contributed by atoms with Gasteiger partial charge in [-0.1, -0.05) is 50.3 Å². The van der Waals surface area contributed by atoms with E-state index in [2.05, 4.69) is 43.2 Å². The van der Waals surface area contributed by atoms with Crippen LogP contribution in [0.5, 0.6) is 0 Å². The summed E-state index contributed by atoms with van der Waals surface area (Å²) in [5, 5.41) is 6.37. The molecule has 2 amide bonds. The van der Waals surface area contributed by atoms with E-state index in [4.69, 9.17) is 15.5 Å². The predicted octanol–water partition coefficient (Wildman–Crippen LogP) is 8.54. The third kappa shape index (κ3) is 10.4. The van der Waals surface area contributed by atoms with Gasteiger partial charge in [-0.2, -0.15) is 0 Å². The zero-order valence-electron chi connectivity index (χ0n) is 31.8. The van der Waals surface area contributed by atoms with Crippen LogP contribution in [0.2, 0.25) is 0 Å². The lowest BCUT2D eigenvalue weighted by atomic mass is 9.83. The average molecular weight is 719 g/mol. The van der Waals surface area contributed by atoms with Gasteiger partial charge in [0.2, 0.25) is 5.91 Å². The number of ketones is 1. The van der Waals surface area contributed by atoms with Crippen LogP contribution in [0.25, 0.3) is 0 Å². The normalized spacial score (nSPS) is 25.2. The maximum absolute atomic E-state index is 13.0. The number of hydrogen-bond acceptors (Lipinski definition) is 5. The molecule has 3 unspecified atom stereocenters. The standard InChI is InChI=1S/C45H58N4O4/c1-4-43(51)47-41-14-5-6-15-42(41)49-45-39(44(46)52)24-29(2)16-21-40(48-45)38-28-35(38)27-33-19-20-34-25-32(18-17-31-10-8-22-53-23-9-11-31)26-36(50)12-7-13-37(34)30(33)3/h4-6,14-15,19-20,24,29,31-32,35H,1,7-13,16-18,21-23,25-28H2,2-3H3,(H2,46,52)(H,47,51)(H,48,49). The Kier molecular flexibility index (Phi) is 13.2. The second-order valence-corrected chi connectivity index (χ2v) is 15.9. The first-order valence-corrected chi connectivity index (χ1v) is 20.0. The van der Waals surface area contributed by atoms with Crippen LogP contribution in [0.1, 0.15) is 106 Å². The van der Waals surface area contributed by atoms with Gasteiger partial charge in [0.15, 0.2) is 0 Å². The summed E-state index contributed by atoms with van der Waals surface area (Å²) in [6.07, 6.45) is 18.2. The summed E-state index contributed by atoms with van der Waals surface area (Å²) >= 11 is 0. The summed E-state index contributed by atoms with van der Waals surface area (Å²) in [7, 11) is 0. The number of carbonyl (C=O) groups is 3. The molecule has 2 aromatic carbocycles. The second kappa shape index (κ2) is 18.2. The molecule has 0 spiro atoms. The Morgan fingerprint density at radius 1 is 0.981 bits per heavy atom. The molecule has 0 aromatic heterocycles. The van der Waals surface area contributed by atoms with Crippen LogP contribution in [-0.4, -0.2) is 36.6 Å². The van der Waals surface area contributed by atoms with E-state index in [0.29, 0.717) is 53.2 Å². The number of fused-ring (bicyclic) bond motifs is 1. The number of anilines is 1. The molecule has 282 valence electrons. The lowest BCUT2D eigenvalue weighted by Gasteiger charge is -2.24. The van der Waals surface area contributed by atoms with Gasteiger partial charge in [-0.05, 0) is 154 Å². The number of amidine groups is 1. The topological polar surface area (TPSA) is 123 Å². The molecule has 1 saturated heterocycles. The Bertz CT molecular complexity index is 1780. The molecule has 2 aliphatic heterocycles. The van der Waals surface area contributed by atoms with Crippen LogP contribution in [0.4, 0.5) is 11.4 Å². The van der Waals surface area contributed by atoms with Crippen molar-refractivity contribution in [1.82, 2.24) is 5.32 Å². The van der Waals surface area contributed by atoms with Crippen molar-refractivity contribution < 1.29 is 19.1 Å². The van der Waals surface area contributed by atoms with Crippen LogP contribution >= 0.6 is 0 Å². The molecule has 0 radical (unpaired) electrons. The fourth-order valence-corrected chi connectivity index (χ4v) is 8.69. The Hall–Kier alpha value is -4.30. The molecule has 53 heavy (non-hydrogen) atoms. The number of Topliss-reactive ketones (excluding diaryl/α,β-unsaturated/α-hetero) is 1. The van der Waals surface area contributed by atoms with E-state index in [1.54, 1.807) is 12.1 Å². The van der Waals surface area contributed by atoms with Gasteiger partial charge in [0.25, 0.3) is 5.91 Å². The molecule has 2 fully saturated rings. The van der Waals surface area contributed by atoms with Crippen LogP contribution in [0, 0.1) is 30.6 Å². The maximum Gasteiger partial charge on any atom is 0.252 e. The molecular weight excluding hydrogens is 661 g/mol. The van der Waals surface area contributed by atoms with Gasteiger partial charge in [0, 0.05) is 31.8 Å². The van der Waals surface area contributed by atoms with Crippen molar-refractivity contribution in [3.63, 3.8) is 0 Å². The number of carbonyl (C=O) groups excluding carboxylic acids is 3. The Morgan fingerprint density at radius 2 is 1.75 bits per heavy atom. The number of hydrogen-bond donors (Lipinski definition) is 3. The van der Waals surface area contributed by atoms with Crippen molar-refractivity contribution in [3.05, 3.63) is 94.2 Å². The lowest BCUT2D eigenvalue weighted by Crippen LogP contribution is -2.33. The number of ether oxygens (including phenoxy) is 1. The highest BCUT2D eigenvalue weighted by atomic mass is 16.5. The van der Waals surface area contributed by atoms with Crippen LogP contribution in [-0.2, 0) is 38.4 Å². The summed E-state index contributed by atoms with van der Waals surface area (Å²) in [6.45, 7) is 9.73. The van der Waals surface area contributed by atoms with Gasteiger partial charge in [-0.15, -0.1) is 0 Å². The number of para-hydroxylation sites is 2. The summed E-state index contributed by atoms with van der Waals surface area (Å²) < 4.78 is 5.68. The number of nitrogens with one attached hydrogen (secondary N) is 2. The van der Waals surface area contributed by atoms with Crippen molar-refractivity contribution in [3.8, 4) is 0 Å². The number of benzene rings is 2. The van der Waals surface area contributed by atoms with Crippen molar-refractivity contribution >= 4 is 34.8 Å². The van der Waals surface area contributed by atoms with E-state index in [-0.39, 0.29) is 11.8 Å². The number of aliphatic imine (C=N–C) groups is 1. The molecular formula is C45H58N4O4. The number of nitrogens with two attached hydrogens (primary N) is 1. The maximum atomic E-state index is 13.0. The summed E-state index contributed by atoms with van der Waals surface area (Å²) in [6, 6.07) is 12.0. The van der Waals surface area contributed by atoms with Crippen molar-refractivity contribution in [2.24, 2.45) is 34.4 Å². The Labute approximate surface area is 315 Å². The number of allylic oxidation sites excluding steroid dienone is 3. The van der Waals surface area contributed by atoms with Gasteiger partial charge >= 0.3 is 0 Å². The third-order valence-corrected chi connectivity index (χ3v) is 11.8. The van der Waals surface area contributed by atoms with Crippen LogP contribution in [0.15, 0.2) is 77.0 Å². The first-order valence-electron chi connectivity index (χ1n) is 20.0. The van der Waals surface area contributed by atoms with E-state index < -0.39 is 5.91 Å². The molecule has 2 aromatic rings. The molecule has 6 rings (SSSR count). The minimum atomic E-state index is -0.541. The highest BCUT2D eigenvalue weighted by molar-refractivity contribution is 6.21. The zero-order chi connectivity index (χ0) is 37.3. The first-order chi connectivity index (χ1) is 25.7. The van der Waals surface area contributed by atoms with E-state index >= 15 is 0 Å². The highest BCUT2D eigenvalue weighted by Crippen LogP contribution is 2.45. The second-order valence-electron chi connectivity index (χ2n) is 15.9. The number of nitrogens with zero attached hydrogens (tertiary/aromatic N) is 1. The van der Waals surface area contributed by atoms with Gasteiger partial charge in [-0.3, -0.25) is 14.4 Å². The molecule has 2 aliphatic carbocycles. The van der Waals surface area contributed by atoms with Gasteiger partial charge in [0.1, 0.15) is 11.6 Å². The van der Waals surface area contributed by atoms with Crippen LogP contribution < -0.4 is 16.4 Å². The SMILES string of the molecule is C=CC(=O)Nc1ccccc1N=C1NC(=C2CC2Cc2ccc3c(c2C)CCCC(=O)CC(CCC2CCCOCCC2)C3)CCC(C)C=C1C(N)=O. The molecule has 4 N–H and O–H groups in total. The number of amides is 2. The van der Waals surface area contributed by atoms with E-state index in [1.807, 2.05) is 18.2 Å². The van der Waals surface area contributed by atoms with Gasteiger partial charge in [0.05, 0.1) is 16.9 Å². The fraction of sp³-hybridized carbons (Fsp3) is 0.511. The largest absolute Gasteiger partial charge is 0.381 e. The third-order valence-electron chi connectivity index (χ3n) is 11.8.